The molecule has 2 rings (SSSR count). The number of ketones is 1. The Labute approximate surface area is 183 Å². The van der Waals surface area contributed by atoms with Gasteiger partial charge in [0.15, 0.2) is 5.78 Å². The third-order valence-electron chi connectivity index (χ3n) is 5.33. The molecule has 1 saturated carbocycles. The molecule has 0 radical (unpaired) electrons. The first-order chi connectivity index (χ1) is 14.6. The van der Waals surface area contributed by atoms with Crippen molar-refractivity contribution in [1.82, 2.24) is 0 Å². The molecule has 0 aliphatic heterocycles. The molecule has 1 aromatic rings. The molecule has 170 valence electrons. The minimum absolute atomic E-state index is 0.0193. The van der Waals surface area contributed by atoms with E-state index in [0.29, 0.717) is 0 Å². The molecule has 4 atom stereocenters. The average molecular weight is 458 g/mol. The summed E-state index contributed by atoms with van der Waals surface area (Å²) < 4.78 is 50.7. The second-order valence-electron chi connectivity index (χ2n) is 7.39. The van der Waals surface area contributed by atoms with Crippen molar-refractivity contribution in [2.24, 2.45) is 17.8 Å². The van der Waals surface area contributed by atoms with Crippen LogP contribution >= 0.6 is 11.8 Å². The SMILES string of the molecule is COC1C(C(F)(F)F)C(=O)[C@H](CSc2ccc(C)c(C)c2)[C@H]1CC#CCOCC(=O)O. The van der Waals surface area contributed by atoms with Gasteiger partial charge in [-0.3, -0.25) is 4.79 Å². The number of Topliss-reactive ketones (excluding diaryl/α,β-unsaturated/α-hetero) is 1. The second kappa shape index (κ2) is 11.0. The lowest BCUT2D eigenvalue weighted by atomic mass is 9.92. The number of aliphatic carboxylic acids is 1. The maximum atomic E-state index is 13.6. The third kappa shape index (κ3) is 6.73. The van der Waals surface area contributed by atoms with E-state index in [1.54, 1.807) is 0 Å². The van der Waals surface area contributed by atoms with Crippen LogP contribution in [0, 0.1) is 43.4 Å². The maximum absolute atomic E-state index is 13.6. The molecule has 0 spiro atoms. The fourth-order valence-corrected chi connectivity index (χ4v) is 4.83. The Morgan fingerprint density at radius 3 is 2.52 bits per heavy atom. The topological polar surface area (TPSA) is 72.8 Å². The number of hydrogen-bond donors (Lipinski definition) is 1. The zero-order valence-corrected chi connectivity index (χ0v) is 18.3. The number of carbonyl (C=O) groups excluding carboxylic acids is 1. The van der Waals surface area contributed by atoms with Gasteiger partial charge < -0.3 is 14.6 Å². The monoisotopic (exact) mass is 458 g/mol. The number of methoxy groups -OCH3 is 1. The number of aryl methyl sites for hydroxylation is 2. The van der Waals surface area contributed by atoms with Crippen LogP contribution in [0.1, 0.15) is 17.5 Å². The maximum Gasteiger partial charge on any atom is 0.401 e. The summed E-state index contributed by atoms with van der Waals surface area (Å²) in [7, 11) is 1.17. The number of hydrogen-bond acceptors (Lipinski definition) is 5. The van der Waals surface area contributed by atoms with Gasteiger partial charge in [0.25, 0.3) is 0 Å². The molecule has 0 heterocycles. The number of carboxylic acids is 1. The molecule has 9 heteroatoms. The first-order valence-corrected chi connectivity index (χ1v) is 10.6. The molecule has 5 nitrogen and oxygen atoms in total. The van der Waals surface area contributed by atoms with Crippen LogP contribution < -0.4 is 0 Å². The number of thioether (sulfide) groups is 1. The van der Waals surface area contributed by atoms with Gasteiger partial charge in [-0.05, 0) is 37.1 Å². The number of ether oxygens (including phenoxy) is 2. The van der Waals surface area contributed by atoms with Gasteiger partial charge in [-0.25, -0.2) is 4.79 Å². The van der Waals surface area contributed by atoms with Crippen LogP contribution in [0.2, 0.25) is 0 Å². The summed E-state index contributed by atoms with van der Waals surface area (Å²) >= 11 is 1.34. The van der Waals surface area contributed by atoms with Gasteiger partial charge in [-0.15, -0.1) is 17.7 Å². The molecule has 1 aliphatic rings. The number of alkyl halides is 3. The molecule has 1 aliphatic carbocycles. The highest BCUT2D eigenvalue weighted by atomic mass is 32.2. The summed E-state index contributed by atoms with van der Waals surface area (Å²) in [6.45, 7) is 3.25. The van der Waals surface area contributed by atoms with Gasteiger partial charge in [-0.1, -0.05) is 12.0 Å². The Balaban J connectivity index is 2.17. The molecule has 0 saturated heterocycles. The number of benzene rings is 1. The summed E-state index contributed by atoms with van der Waals surface area (Å²) in [5, 5.41) is 8.53. The van der Waals surface area contributed by atoms with Crippen LogP contribution in [-0.4, -0.2) is 55.2 Å². The lowest BCUT2D eigenvalue weighted by Gasteiger charge is -2.24. The first-order valence-electron chi connectivity index (χ1n) is 9.64. The van der Waals surface area contributed by atoms with Crippen LogP contribution in [0.25, 0.3) is 0 Å². The standard InChI is InChI=1S/C22H25F3O5S/c1-13-7-8-15(10-14(13)2)31-12-17-16(6-4-5-9-30-11-18(26)27)21(29-3)19(20(17)28)22(23,24)25/h7-8,10,16-17,19,21H,6,9,11-12H2,1-3H3,(H,26,27)/t16-,17-,19?,21?/m1/s1. The van der Waals surface area contributed by atoms with Crippen molar-refractivity contribution in [3.8, 4) is 11.8 Å². The number of carboxylic acid groups (broad SMARTS) is 1. The van der Waals surface area contributed by atoms with Gasteiger partial charge in [0, 0.05) is 36.0 Å². The van der Waals surface area contributed by atoms with Crippen molar-refractivity contribution in [3.63, 3.8) is 0 Å². The minimum Gasteiger partial charge on any atom is -0.480 e. The summed E-state index contributed by atoms with van der Waals surface area (Å²) in [6, 6.07) is 5.77. The molecule has 2 unspecified atom stereocenters. The lowest BCUT2D eigenvalue weighted by Crippen LogP contribution is -2.37. The normalized spacial score (nSPS) is 23.5. The fourth-order valence-electron chi connectivity index (χ4n) is 3.62. The Kier molecular flexibility index (Phi) is 8.98. The Hall–Kier alpha value is -2.02. The van der Waals surface area contributed by atoms with Crippen molar-refractivity contribution in [2.45, 2.75) is 37.4 Å². The van der Waals surface area contributed by atoms with E-state index in [9.17, 15) is 22.8 Å². The van der Waals surface area contributed by atoms with E-state index in [0.717, 1.165) is 16.0 Å². The summed E-state index contributed by atoms with van der Waals surface area (Å²) in [4.78, 5) is 24.0. The summed E-state index contributed by atoms with van der Waals surface area (Å²) in [6.07, 6.45) is -5.99. The van der Waals surface area contributed by atoms with E-state index in [4.69, 9.17) is 14.6 Å². The molecule has 1 N–H and O–H groups in total. The van der Waals surface area contributed by atoms with Crippen LogP contribution in [0.4, 0.5) is 13.2 Å². The van der Waals surface area contributed by atoms with E-state index >= 15 is 0 Å². The molecule has 1 aromatic carbocycles. The van der Waals surface area contributed by atoms with Crippen LogP contribution in [-0.2, 0) is 19.1 Å². The molecule has 31 heavy (non-hydrogen) atoms. The lowest BCUT2D eigenvalue weighted by molar-refractivity contribution is -0.199. The van der Waals surface area contributed by atoms with Crippen molar-refractivity contribution < 1.29 is 37.3 Å². The van der Waals surface area contributed by atoms with Gasteiger partial charge in [0.05, 0.1) is 6.10 Å². The van der Waals surface area contributed by atoms with Crippen LogP contribution in [0.3, 0.4) is 0 Å². The number of rotatable bonds is 8. The second-order valence-corrected chi connectivity index (χ2v) is 8.49. The Morgan fingerprint density at radius 1 is 1.23 bits per heavy atom. The highest BCUT2D eigenvalue weighted by molar-refractivity contribution is 7.99. The predicted octanol–water partition coefficient (Wildman–Crippen LogP) is 3.90. The highest BCUT2D eigenvalue weighted by Gasteiger charge is 2.60. The predicted molar refractivity (Wildman–Crippen MR) is 110 cm³/mol. The van der Waals surface area contributed by atoms with Gasteiger partial charge in [0.2, 0.25) is 0 Å². The Morgan fingerprint density at radius 2 is 1.94 bits per heavy atom. The number of carbonyl (C=O) groups is 2. The zero-order valence-electron chi connectivity index (χ0n) is 17.5. The zero-order chi connectivity index (χ0) is 23.2. The van der Waals surface area contributed by atoms with Crippen LogP contribution in [0.15, 0.2) is 23.1 Å². The Bertz CT molecular complexity index is 859. The molecule has 0 aromatic heterocycles. The third-order valence-corrected chi connectivity index (χ3v) is 6.45. The van der Waals surface area contributed by atoms with E-state index in [1.807, 2.05) is 32.0 Å². The van der Waals surface area contributed by atoms with E-state index in [-0.39, 0.29) is 18.8 Å². The van der Waals surface area contributed by atoms with Crippen molar-refractivity contribution in [1.29, 1.82) is 0 Å². The van der Waals surface area contributed by atoms with E-state index in [2.05, 4.69) is 11.8 Å². The van der Waals surface area contributed by atoms with Crippen molar-refractivity contribution in [3.05, 3.63) is 29.3 Å². The summed E-state index contributed by atoms with van der Waals surface area (Å²) in [5.74, 6) is -0.269. The smallest absolute Gasteiger partial charge is 0.401 e. The van der Waals surface area contributed by atoms with E-state index in [1.165, 1.54) is 18.9 Å². The van der Waals surface area contributed by atoms with Gasteiger partial charge in [0.1, 0.15) is 19.1 Å². The quantitative estimate of drug-likeness (QED) is 0.362. The average Bonchev–Trinajstić information content (AvgIpc) is 2.96. The highest BCUT2D eigenvalue weighted by Crippen LogP contribution is 2.46. The first kappa shape index (κ1) is 25.2. The van der Waals surface area contributed by atoms with Crippen molar-refractivity contribution >= 4 is 23.5 Å². The largest absolute Gasteiger partial charge is 0.480 e. The molecule has 0 amide bonds. The minimum atomic E-state index is -4.70. The molecule has 1 fully saturated rings. The fraction of sp³-hybridized carbons (Fsp3) is 0.545. The molecule has 0 bridgehead atoms. The summed E-state index contributed by atoms with van der Waals surface area (Å²) in [5.41, 5.74) is 2.17. The van der Waals surface area contributed by atoms with Gasteiger partial charge >= 0.3 is 12.1 Å². The van der Waals surface area contributed by atoms with E-state index < -0.39 is 48.4 Å². The molecular formula is C22H25F3O5S. The van der Waals surface area contributed by atoms with Crippen LogP contribution in [0.5, 0.6) is 0 Å². The van der Waals surface area contributed by atoms with Gasteiger partial charge in [-0.2, -0.15) is 13.2 Å². The van der Waals surface area contributed by atoms with Crippen molar-refractivity contribution in [2.75, 3.05) is 26.1 Å². The number of halogens is 3. The molecular weight excluding hydrogens is 433 g/mol.